The number of carbonyl (C=O) groups is 1. The van der Waals surface area contributed by atoms with Gasteiger partial charge in [-0.25, -0.2) is 0 Å². The van der Waals surface area contributed by atoms with E-state index >= 15 is 0 Å². The van der Waals surface area contributed by atoms with E-state index in [1.807, 2.05) is 53.4 Å². The molecule has 6 nitrogen and oxygen atoms in total. The van der Waals surface area contributed by atoms with Crippen LogP contribution in [-0.4, -0.2) is 32.0 Å². The molecule has 32 heavy (non-hydrogen) atoms. The smallest absolute Gasteiger partial charge is 0.244 e. The van der Waals surface area contributed by atoms with Crippen LogP contribution >= 0.6 is 12.2 Å². The number of pyridine rings is 1. The van der Waals surface area contributed by atoms with Crippen molar-refractivity contribution in [2.45, 2.75) is 45.8 Å². The third-order valence-corrected chi connectivity index (χ3v) is 6.28. The van der Waals surface area contributed by atoms with Crippen LogP contribution in [0, 0.1) is 13.8 Å². The van der Waals surface area contributed by atoms with E-state index in [0.717, 1.165) is 16.9 Å². The molecular formula is C25H29N5OS. The van der Waals surface area contributed by atoms with Gasteiger partial charge in [0.05, 0.1) is 17.8 Å². The van der Waals surface area contributed by atoms with Crippen molar-refractivity contribution in [2.75, 3.05) is 11.9 Å². The molecule has 1 aromatic carbocycles. The van der Waals surface area contributed by atoms with Crippen LogP contribution in [0.3, 0.4) is 0 Å². The quantitative estimate of drug-likeness (QED) is 0.537. The van der Waals surface area contributed by atoms with Crippen LogP contribution in [-0.2, 0) is 4.79 Å². The fourth-order valence-electron chi connectivity index (χ4n) is 4.69. The number of rotatable bonds is 6. The Kier molecular flexibility index (Phi) is 6.28. The fourth-order valence-corrected chi connectivity index (χ4v) is 4.99. The molecule has 2 N–H and O–H groups in total. The van der Waals surface area contributed by atoms with Gasteiger partial charge in [-0.2, -0.15) is 0 Å². The Balaban J connectivity index is 1.70. The normalized spacial score (nSPS) is 18.2. The molecule has 0 aliphatic carbocycles. The number of benzene rings is 1. The van der Waals surface area contributed by atoms with Crippen LogP contribution in [0.2, 0.25) is 0 Å². The molecule has 166 valence electrons. The average molecular weight is 448 g/mol. The number of aromatic nitrogens is 2. The summed E-state index contributed by atoms with van der Waals surface area (Å²) in [5.74, 6) is -0.107. The van der Waals surface area contributed by atoms with Crippen molar-refractivity contribution in [3.63, 3.8) is 0 Å². The third-order valence-electron chi connectivity index (χ3n) is 5.93. The van der Waals surface area contributed by atoms with Crippen molar-refractivity contribution < 1.29 is 4.79 Å². The number of amides is 1. The van der Waals surface area contributed by atoms with Gasteiger partial charge in [-0.05, 0) is 75.8 Å². The first-order valence-electron chi connectivity index (χ1n) is 10.9. The Hall–Kier alpha value is -3.19. The summed E-state index contributed by atoms with van der Waals surface area (Å²) in [6, 6.07) is 17.6. The Bertz CT molecular complexity index is 1110. The molecule has 0 saturated carbocycles. The standard InChI is InChI=1S/C25H29N5OS/c1-16(2)30-17(3)14-20(18(30)4)24-23(21-12-8-9-13-26-21)28-25(32)29(24)15-22(31)27-19-10-6-5-7-11-19/h5-14,16,23-24H,15H2,1-4H3,(H,27,31)(H,28,32)/t23-,24+/m1/s1. The first-order chi connectivity index (χ1) is 15.4. The molecule has 7 heteroatoms. The number of thiocarbonyl (C=S) groups is 1. The largest absolute Gasteiger partial charge is 0.352 e. The number of nitrogens with one attached hydrogen (secondary N) is 2. The van der Waals surface area contributed by atoms with Gasteiger partial charge in [0.25, 0.3) is 0 Å². The molecule has 1 fully saturated rings. The second-order valence-corrected chi connectivity index (χ2v) is 8.85. The highest BCUT2D eigenvalue weighted by Gasteiger charge is 2.42. The predicted octanol–water partition coefficient (Wildman–Crippen LogP) is 4.69. The summed E-state index contributed by atoms with van der Waals surface area (Å²) in [5.41, 5.74) is 5.21. The number of carbonyl (C=O) groups excluding carboxylic acids is 1. The highest BCUT2D eigenvalue weighted by atomic mass is 32.1. The first-order valence-corrected chi connectivity index (χ1v) is 11.3. The summed E-state index contributed by atoms with van der Waals surface area (Å²) in [4.78, 5) is 19.5. The summed E-state index contributed by atoms with van der Waals surface area (Å²) < 4.78 is 2.33. The van der Waals surface area contributed by atoms with Crippen LogP contribution in [0.15, 0.2) is 60.8 Å². The average Bonchev–Trinajstić information content (AvgIpc) is 3.24. The highest BCUT2D eigenvalue weighted by Crippen LogP contribution is 2.41. The van der Waals surface area contributed by atoms with E-state index in [4.69, 9.17) is 12.2 Å². The van der Waals surface area contributed by atoms with Crippen molar-refractivity contribution in [3.8, 4) is 0 Å². The van der Waals surface area contributed by atoms with Crippen molar-refractivity contribution >= 4 is 28.9 Å². The lowest BCUT2D eigenvalue weighted by Gasteiger charge is -2.28. The lowest BCUT2D eigenvalue weighted by Crippen LogP contribution is -2.37. The van der Waals surface area contributed by atoms with Crippen molar-refractivity contribution in [2.24, 2.45) is 0 Å². The van der Waals surface area contributed by atoms with Gasteiger partial charge in [0.15, 0.2) is 5.11 Å². The van der Waals surface area contributed by atoms with Gasteiger partial charge in [0.1, 0.15) is 6.54 Å². The summed E-state index contributed by atoms with van der Waals surface area (Å²) in [6.07, 6.45) is 1.79. The molecule has 2 aromatic heterocycles. The molecular weight excluding hydrogens is 418 g/mol. The Labute approximate surface area is 194 Å². The van der Waals surface area contributed by atoms with E-state index in [2.05, 4.69) is 53.9 Å². The number of aryl methyl sites for hydroxylation is 1. The number of hydrogen-bond donors (Lipinski definition) is 2. The fraction of sp³-hybridized carbons (Fsp3) is 0.320. The van der Waals surface area contributed by atoms with E-state index in [1.54, 1.807) is 6.20 Å². The maximum atomic E-state index is 12.9. The summed E-state index contributed by atoms with van der Waals surface area (Å²) in [5, 5.41) is 6.96. The SMILES string of the molecule is Cc1cc([C@H]2[C@@H](c3ccccn3)NC(=S)N2CC(=O)Nc2ccccc2)c(C)n1C(C)C. The van der Waals surface area contributed by atoms with Crippen LogP contribution in [0.5, 0.6) is 0 Å². The van der Waals surface area contributed by atoms with Crippen LogP contribution < -0.4 is 10.6 Å². The zero-order chi connectivity index (χ0) is 22.8. The first kappa shape index (κ1) is 22.0. The van der Waals surface area contributed by atoms with E-state index in [1.165, 1.54) is 11.4 Å². The molecule has 1 aliphatic rings. The van der Waals surface area contributed by atoms with E-state index in [0.29, 0.717) is 11.2 Å². The predicted molar refractivity (Wildman–Crippen MR) is 132 cm³/mol. The van der Waals surface area contributed by atoms with Gasteiger partial charge in [-0.1, -0.05) is 24.3 Å². The number of nitrogens with zero attached hydrogens (tertiary/aromatic N) is 3. The second kappa shape index (κ2) is 9.12. The molecule has 0 unspecified atom stereocenters. The molecule has 1 amide bonds. The third kappa shape index (κ3) is 4.25. The van der Waals surface area contributed by atoms with Crippen LogP contribution in [0.4, 0.5) is 5.69 Å². The lowest BCUT2D eigenvalue weighted by atomic mass is 9.96. The molecule has 3 aromatic rings. The molecule has 0 radical (unpaired) electrons. The van der Waals surface area contributed by atoms with Gasteiger partial charge in [0, 0.05) is 29.3 Å². The topological polar surface area (TPSA) is 62.2 Å². The van der Waals surface area contributed by atoms with Crippen molar-refractivity contribution in [1.82, 2.24) is 19.8 Å². The maximum Gasteiger partial charge on any atom is 0.244 e. The molecule has 4 rings (SSSR count). The zero-order valence-corrected chi connectivity index (χ0v) is 19.7. The lowest BCUT2D eigenvalue weighted by molar-refractivity contribution is -0.116. The summed E-state index contributed by atoms with van der Waals surface area (Å²) >= 11 is 5.71. The maximum absolute atomic E-state index is 12.9. The Morgan fingerprint density at radius 1 is 1.16 bits per heavy atom. The van der Waals surface area contributed by atoms with Gasteiger partial charge >= 0.3 is 0 Å². The van der Waals surface area contributed by atoms with Crippen molar-refractivity contribution in [3.05, 3.63) is 83.4 Å². The summed E-state index contributed by atoms with van der Waals surface area (Å²) in [6.45, 7) is 8.78. The number of para-hydroxylation sites is 1. The van der Waals surface area contributed by atoms with Gasteiger partial charge in [-0.3, -0.25) is 9.78 Å². The van der Waals surface area contributed by atoms with Gasteiger partial charge in [-0.15, -0.1) is 0 Å². The molecule has 1 saturated heterocycles. The minimum Gasteiger partial charge on any atom is -0.352 e. The zero-order valence-electron chi connectivity index (χ0n) is 18.9. The molecule has 0 spiro atoms. The van der Waals surface area contributed by atoms with E-state index in [-0.39, 0.29) is 24.5 Å². The molecule has 2 atom stereocenters. The minimum absolute atomic E-state index is 0.107. The molecule has 0 bridgehead atoms. The van der Waals surface area contributed by atoms with Gasteiger partial charge in [0.2, 0.25) is 5.91 Å². The van der Waals surface area contributed by atoms with Crippen molar-refractivity contribution in [1.29, 1.82) is 0 Å². The molecule has 3 heterocycles. The highest BCUT2D eigenvalue weighted by molar-refractivity contribution is 7.80. The van der Waals surface area contributed by atoms with E-state index < -0.39 is 0 Å². The van der Waals surface area contributed by atoms with Gasteiger partial charge < -0.3 is 20.1 Å². The minimum atomic E-state index is -0.144. The Morgan fingerprint density at radius 2 is 1.88 bits per heavy atom. The second-order valence-electron chi connectivity index (χ2n) is 8.46. The number of anilines is 1. The van der Waals surface area contributed by atoms with Crippen LogP contribution in [0.25, 0.3) is 0 Å². The molecule has 1 aliphatic heterocycles. The summed E-state index contributed by atoms with van der Waals surface area (Å²) in [7, 11) is 0. The number of hydrogen-bond acceptors (Lipinski definition) is 3. The van der Waals surface area contributed by atoms with E-state index in [9.17, 15) is 4.79 Å². The van der Waals surface area contributed by atoms with Crippen LogP contribution in [0.1, 0.15) is 54.6 Å². The monoisotopic (exact) mass is 447 g/mol. The Morgan fingerprint density at radius 3 is 2.50 bits per heavy atom.